The predicted molar refractivity (Wildman–Crippen MR) is 73.9 cm³/mol. The number of benzene rings is 1. The summed E-state index contributed by atoms with van der Waals surface area (Å²) in [5.74, 6) is 0.978. The molecular formula is C15H22N2O. The number of hydrogen-bond acceptors (Lipinski definition) is 3. The molecule has 1 N–H and O–H groups in total. The first-order valence-electron chi connectivity index (χ1n) is 6.40. The van der Waals surface area contributed by atoms with Crippen LogP contribution in [0.4, 0.5) is 0 Å². The van der Waals surface area contributed by atoms with Gasteiger partial charge in [0.1, 0.15) is 5.75 Å². The number of nitriles is 1. The highest BCUT2D eigenvalue weighted by Crippen LogP contribution is 2.24. The van der Waals surface area contributed by atoms with Crippen molar-refractivity contribution in [2.45, 2.75) is 33.1 Å². The smallest absolute Gasteiger partial charge is 0.122 e. The maximum absolute atomic E-state index is 8.44. The molecule has 0 aromatic heterocycles. The summed E-state index contributed by atoms with van der Waals surface area (Å²) in [6.07, 6.45) is 2.50. The third-order valence-corrected chi connectivity index (χ3v) is 2.99. The SMILES string of the molecule is COc1cc(C)cc(C)c1CCNCCCC#N. The molecule has 98 valence electrons. The van der Waals surface area contributed by atoms with E-state index in [1.807, 2.05) is 0 Å². The number of hydrogen-bond donors (Lipinski definition) is 1. The van der Waals surface area contributed by atoms with Crippen LogP contribution in [0, 0.1) is 25.2 Å². The Bertz CT molecular complexity index is 421. The first-order chi connectivity index (χ1) is 8.69. The molecule has 0 atom stereocenters. The second kappa shape index (κ2) is 7.73. The zero-order chi connectivity index (χ0) is 13.4. The molecule has 1 aromatic rings. The van der Waals surface area contributed by atoms with Gasteiger partial charge in [0.05, 0.1) is 13.2 Å². The lowest BCUT2D eigenvalue weighted by Crippen LogP contribution is -2.19. The van der Waals surface area contributed by atoms with Gasteiger partial charge in [-0.05, 0) is 62.5 Å². The van der Waals surface area contributed by atoms with Gasteiger partial charge in [-0.25, -0.2) is 0 Å². The predicted octanol–water partition coefficient (Wildman–Crippen LogP) is 2.75. The minimum Gasteiger partial charge on any atom is -0.496 e. The van der Waals surface area contributed by atoms with Crippen molar-refractivity contribution >= 4 is 0 Å². The number of nitrogens with one attached hydrogen (secondary N) is 1. The third-order valence-electron chi connectivity index (χ3n) is 2.99. The van der Waals surface area contributed by atoms with Gasteiger partial charge in [-0.2, -0.15) is 5.26 Å². The first-order valence-corrected chi connectivity index (χ1v) is 6.40. The maximum Gasteiger partial charge on any atom is 0.122 e. The molecule has 0 aliphatic carbocycles. The van der Waals surface area contributed by atoms with Crippen LogP contribution in [0.15, 0.2) is 12.1 Å². The van der Waals surface area contributed by atoms with Gasteiger partial charge in [0, 0.05) is 6.42 Å². The molecule has 0 radical (unpaired) electrons. The number of nitrogens with zero attached hydrogens (tertiary/aromatic N) is 1. The largest absolute Gasteiger partial charge is 0.496 e. The van der Waals surface area contributed by atoms with Crippen molar-refractivity contribution in [1.82, 2.24) is 5.32 Å². The maximum atomic E-state index is 8.44. The summed E-state index contributed by atoms with van der Waals surface area (Å²) in [6.45, 7) is 6.03. The van der Waals surface area contributed by atoms with E-state index in [4.69, 9.17) is 10.00 Å². The average Bonchev–Trinajstić information content (AvgIpc) is 2.35. The van der Waals surface area contributed by atoms with Crippen LogP contribution < -0.4 is 10.1 Å². The lowest BCUT2D eigenvalue weighted by atomic mass is 10.0. The molecule has 0 unspecified atom stereocenters. The van der Waals surface area contributed by atoms with Crippen LogP contribution in [0.5, 0.6) is 5.75 Å². The fraction of sp³-hybridized carbons (Fsp3) is 0.533. The van der Waals surface area contributed by atoms with Crippen molar-refractivity contribution in [2.75, 3.05) is 20.2 Å². The minimum atomic E-state index is 0.625. The van der Waals surface area contributed by atoms with E-state index < -0.39 is 0 Å². The van der Waals surface area contributed by atoms with Crippen molar-refractivity contribution in [3.8, 4) is 11.8 Å². The summed E-state index contributed by atoms with van der Waals surface area (Å²) in [4.78, 5) is 0. The summed E-state index contributed by atoms with van der Waals surface area (Å²) in [6, 6.07) is 6.42. The van der Waals surface area contributed by atoms with Crippen molar-refractivity contribution in [3.63, 3.8) is 0 Å². The Kier molecular flexibility index (Phi) is 6.24. The van der Waals surface area contributed by atoms with Crippen molar-refractivity contribution in [1.29, 1.82) is 5.26 Å². The summed E-state index contributed by atoms with van der Waals surface area (Å²) in [5.41, 5.74) is 3.79. The number of aryl methyl sites for hydroxylation is 2. The highest BCUT2D eigenvalue weighted by molar-refractivity contribution is 5.43. The second-order valence-electron chi connectivity index (χ2n) is 4.52. The Labute approximate surface area is 110 Å². The molecule has 0 bridgehead atoms. The quantitative estimate of drug-likeness (QED) is 0.752. The van der Waals surface area contributed by atoms with E-state index >= 15 is 0 Å². The zero-order valence-electron chi connectivity index (χ0n) is 11.5. The van der Waals surface area contributed by atoms with Gasteiger partial charge in [0.25, 0.3) is 0 Å². The Balaban J connectivity index is 2.49. The van der Waals surface area contributed by atoms with Crippen LogP contribution in [0.25, 0.3) is 0 Å². The minimum absolute atomic E-state index is 0.625. The molecule has 0 heterocycles. The molecule has 0 aliphatic heterocycles. The molecule has 18 heavy (non-hydrogen) atoms. The van der Waals surface area contributed by atoms with Crippen LogP contribution in [0.2, 0.25) is 0 Å². The second-order valence-corrected chi connectivity index (χ2v) is 4.52. The summed E-state index contributed by atoms with van der Waals surface area (Å²) in [5, 5.41) is 11.8. The van der Waals surface area contributed by atoms with Gasteiger partial charge < -0.3 is 10.1 Å². The summed E-state index contributed by atoms with van der Waals surface area (Å²) >= 11 is 0. The number of ether oxygens (including phenoxy) is 1. The lowest BCUT2D eigenvalue weighted by molar-refractivity contribution is 0.408. The van der Waals surface area contributed by atoms with Crippen molar-refractivity contribution in [2.24, 2.45) is 0 Å². The Morgan fingerprint density at radius 1 is 1.28 bits per heavy atom. The Morgan fingerprint density at radius 3 is 2.72 bits per heavy atom. The fourth-order valence-corrected chi connectivity index (χ4v) is 2.09. The van der Waals surface area contributed by atoms with Crippen LogP contribution in [-0.2, 0) is 6.42 Å². The summed E-state index contributed by atoms with van der Waals surface area (Å²) in [7, 11) is 1.72. The highest BCUT2D eigenvalue weighted by atomic mass is 16.5. The fourth-order valence-electron chi connectivity index (χ4n) is 2.09. The molecule has 3 nitrogen and oxygen atoms in total. The first kappa shape index (κ1) is 14.5. The van der Waals surface area contributed by atoms with E-state index in [1.54, 1.807) is 7.11 Å². The van der Waals surface area contributed by atoms with Crippen LogP contribution in [0.3, 0.4) is 0 Å². The van der Waals surface area contributed by atoms with Gasteiger partial charge in [0.15, 0.2) is 0 Å². The topological polar surface area (TPSA) is 45.0 Å². The van der Waals surface area contributed by atoms with Gasteiger partial charge in [-0.1, -0.05) is 6.07 Å². The highest BCUT2D eigenvalue weighted by Gasteiger charge is 2.07. The monoisotopic (exact) mass is 246 g/mol. The number of rotatable bonds is 7. The molecule has 0 saturated heterocycles. The van der Waals surface area contributed by atoms with Gasteiger partial charge in [-0.3, -0.25) is 0 Å². The lowest BCUT2D eigenvalue weighted by Gasteiger charge is -2.13. The van der Waals surface area contributed by atoms with Crippen LogP contribution in [0.1, 0.15) is 29.5 Å². The molecule has 1 rings (SSSR count). The van der Waals surface area contributed by atoms with E-state index in [-0.39, 0.29) is 0 Å². The zero-order valence-corrected chi connectivity index (χ0v) is 11.5. The molecule has 3 heteroatoms. The van der Waals surface area contributed by atoms with Crippen molar-refractivity contribution in [3.05, 3.63) is 28.8 Å². The Hall–Kier alpha value is -1.53. The Morgan fingerprint density at radius 2 is 2.06 bits per heavy atom. The van der Waals surface area contributed by atoms with E-state index in [9.17, 15) is 0 Å². The molecule has 0 saturated carbocycles. The molecular weight excluding hydrogens is 224 g/mol. The van der Waals surface area contributed by atoms with E-state index in [0.717, 1.165) is 31.7 Å². The molecule has 0 aliphatic rings. The van der Waals surface area contributed by atoms with Gasteiger partial charge in [-0.15, -0.1) is 0 Å². The molecule has 1 aromatic carbocycles. The van der Waals surface area contributed by atoms with E-state index in [2.05, 4.69) is 37.4 Å². The van der Waals surface area contributed by atoms with E-state index in [1.165, 1.54) is 16.7 Å². The van der Waals surface area contributed by atoms with Gasteiger partial charge in [0.2, 0.25) is 0 Å². The van der Waals surface area contributed by atoms with Crippen LogP contribution in [-0.4, -0.2) is 20.2 Å². The average molecular weight is 246 g/mol. The molecule has 0 fully saturated rings. The van der Waals surface area contributed by atoms with Crippen molar-refractivity contribution < 1.29 is 4.74 Å². The standard InChI is InChI=1S/C15H22N2O/c1-12-10-13(2)14(15(11-12)18-3)6-9-17-8-5-4-7-16/h10-11,17H,4-6,8-9H2,1-3H3. The summed E-state index contributed by atoms with van der Waals surface area (Å²) < 4.78 is 5.43. The molecule has 0 amide bonds. The third kappa shape index (κ3) is 4.38. The molecule has 0 spiro atoms. The van der Waals surface area contributed by atoms with Crippen LogP contribution >= 0.6 is 0 Å². The van der Waals surface area contributed by atoms with Gasteiger partial charge >= 0.3 is 0 Å². The normalized spacial score (nSPS) is 10.1. The number of unbranched alkanes of at least 4 members (excludes halogenated alkanes) is 1. The van der Waals surface area contributed by atoms with E-state index in [0.29, 0.717) is 6.42 Å². The number of methoxy groups -OCH3 is 1.